The maximum absolute atomic E-state index is 3.56. The lowest BCUT2D eigenvalue weighted by Crippen LogP contribution is -2.25. The van der Waals surface area contributed by atoms with Gasteiger partial charge in [-0.3, -0.25) is 0 Å². The van der Waals surface area contributed by atoms with E-state index in [1.165, 1.54) is 17.5 Å². The van der Waals surface area contributed by atoms with E-state index >= 15 is 0 Å². The van der Waals surface area contributed by atoms with Crippen LogP contribution in [0.3, 0.4) is 0 Å². The minimum atomic E-state index is 0.565. The first-order valence-electron chi connectivity index (χ1n) is 6.13. The number of nitrogens with one attached hydrogen (secondary N) is 1. The summed E-state index contributed by atoms with van der Waals surface area (Å²) in [5, 5.41) is 7.90. The van der Waals surface area contributed by atoms with Crippen LogP contribution in [0.2, 0.25) is 0 Å². The fourth-order valence-corrected chi connectivity index (χ4v) is 2.48. The second kappa shape index (κ2) is 6.58. The lowest BCUT2D eigenvalue weighted by atomic mass is 10.1. The van der Waals surface area contributed by atoms with E-state index in [0.717, 1.165) is 13.0 Å². The van der Waals surface area contributed by atoms with Crippen LogP contribution < -0.4 is 5.32 Å². The summed E-state index contributed by atoms with van der Waals surface area (Å²) in [5.74, 6) is 0. The molecule has 1 nitrogen and oxygen atoms in total. The van der Waals surface area contributed by atoms with Crippen molar-refractivity contribution in [1.29, 1.82) is 0 Å². The molecular formula is C15H19NS. The molecule has 17 heavy (non-hydrogen) atoms. The van der Waals surface area contributed by atoms with Crippen molar-refractivity contribution in [2.75, 3.05) is 0 Å². The van der Waals surface area contributed by atoms with Crippen LogP contribution in [0.1, 0.15) is 24.5 Å². The average molecular weight is 245 g/mol. The molecule has 0 spiro atoms. The molecule has 1 atom stereocenters. The van der Waals surface area contributed by atoms with Gasteiger partial charge in [0.1, 0.15) is 0 Å². The van der Waals surface area contributed by atoms with Crippen molar-refractivity contribution in [3.8, 4) is 0 Å². The summed E-state index contributed by atoms with van der Waals surface area (Å²) in [7, 11) is 0. The van der Waals surface area contributed by atoms with Gasteiger partial charge in [-0.15, -0.1) is 0 Å². The Balaban J connectivity index is 1.69. The molecule has 90 valence electrons. The molecule has 1 aromatic heterocycles. The van der Waals surface area contributed by atoms with Gasteiger partial charge in [0, 0.05) is 12.6 Å². The third-order valence-electron chi connectivity index (χ3n) is 2.94. The Kier molecular flexibility index (Phi) is 4.77. The molecule has 0 aliphatic heterocycles. The number of aryl methyl sites for hydroxylation is 1. The largest absolute Gasteiger partial charge is 0.310 e. The Morgan fingerprint density at radius 1 is 1.12 bits per heavy atom. The Labute approximate surface area is 108 Å². The van der Waals surface area contributed by atoms with Gasteiger partial charge in [-0.1, -0.05) is 30.3 Å². The van der Waals surface area contributed by atoms with Crippen molar-refractivity contribution in [2.45, 2.75) is 32.4 Å². The summed E-state index contributed by atoms with van der Waals surface area (Å²) in [6, 6.07) is 13.4. The average Bonchev–Trinajstić information content (AvgIpc) is 2.88. The van der Waals surface area contributed by atoms with Crippen LogP contribution in [-0.2, 0) is 13.0 Å². The van der Waals surface area contributed by atoms with Gasteiger partial charge >= 0.3 is 0 Å². The molecule has 0 saturated heterocycles. The van der Waals surface area contributed by atoms with E-state index in [-0.39, 0.29) is 0 Å². The first-order valence-corrected chi connectivity index (χ1v) is 7.07. The molecule has 0 unspecified atom stereocenters. The zero-order chi connectivity index (χ0) is 11.9. The summed E-state index contributed by atoms with van der Waals surface area (Å²) in [6.45, 7) is 3.24. The highest BCUT2D eigenvalue weighted by atomic mass is 32.1. The Bertz CT molecular complexity index is 408. The van der Waals surface area contributed by atoms with Crippen molar-refractivity contribution in [3.63, 3.8) is 0 Å². The highest BCUT2D eigenvalue weighted by Gasteiger charge is 2.02. The molecule has 0 amide bonds. The molecular weight excluding hydrogens is 226 g/mol. The smallest absolute Gasteiger partial charge is 0.0216 e. The molecule has 2 aromatic rings. The maximum atomic E-state index is 3.56. The van der Waals surface area contributed by atoms with Gasteiger partial charge in [-0.05, 0) is 47.7 Å². The van der Waals surface area contributed by atoms with E-state index in [0.29, 0.717) is 6.04 Å². The van der Waals surface area contributed by atoms with E-state index in [1.54, 1.807) is 11.3 Å². The van der Waals surface area contributed by atoms with Crippen molar-refractivity contribution in [1.82, 2.24) is 5.32 Å². The van der Waals surface area contributed by atoms with Crippen LogP contribution in [-0.4, -0.2) is 6.04 Å². The Morgan fingerprint density at radius 3 is 2.65 bits per heavy atom. The van der Waals surface area contributed by atoms with E-state index < -0.39 is 0 Å². The number of hydrogen-bond acceptors (Lipinski definition) is 2. The van der Waals surface area contributed by atoms with Gasteiger partial charge in [-0.2, -0.15) is 11.3 Å². The highest BCUT2D eigenvalue weighted by Crippen LogP contribution is 2.08. The van der Waals surface area contributed by atoms with Crippen LogP contribution in [0.4, 0.5) is 0 Å². The van der Waals surface area contributed by atoms with Gasteiger partial charge < -0.3 is 5.32 Å². The second-order valence-electron chi connectivity index (χ2n) is 4.44. The van der Waals surface area contributed by atoms with Crippen LogP contribution in [0, 0.1) is 0 Å². The SMILES string of the molecule is C[C@H](CCc1ccccc1)NCc1ccsc1. The molecule has 2 heteroatoms. The van der Waals surface area contributed by atoms with Crippen LogP contribution in [0.25, 0.3) is 0 Å². The fourth-order valence-electron chi connectivity index (χ4n) is 1.82. The quantitative estimate of drug-likeness (QED) is 0.815. The van der Waals surface area contributed by atoms with Crippen molar-refractivity contribution < 1.29 is 0 Å². The molecule has 0 saturated carbocycles. The topological polar surface area (TPSA) is 12.0 Å². The summed E-state index contributed by atoms with van der Waals surface area (Å²) >= 11 is 1.76. The maximum Gasteiger partial charge on any atom is 0.0216 e. The first-order chi connectivity index (χ1) is 8.34. The lowest BCUT2D eigenvalue weighted by molar-refractivity contribution is 0.514. The first kappa shape index (κ1) is 12.3. The van der Waals surface area contributed by atoms with Crippen LogP contribution >= 0.6 is 11.3 Å². The van der Waals surface area contributed by atoms with Crippen molar-refractivity contribution in [2.24, 2.45) is 0 Å². The molecule has 1 N–H and O–H groups in total. The molecule has 0 bridgehead atoms. The number of rotatable bonds is 6. The molecule has 0 aliphatic rings. The van der Waals surface area contributed by atoms with Gasteiger partial charge in [0.2, 0.25) is 0 Å². The zero-order valence-electron chi connectivity index (χ0n) is 10.2. The molecule has 1 heterocycles. The molecule has 0 radical (unpaired) electrons. The molecule has 0 aliphatic carbocycles. The van der Waals surface area contributed by atoms with Crippen LogP contribution in [0.15, 0.2) is 47.2 Å². The molecule has 2 rings (SSSR count). The summed E-state index contributed by atoms with van der Waals surface area (Å²) in [5.41, 5.74) is 2.82. The van der Waals surface area contributed by atoms with Gasteiger partial charge in [-0.25, -0.2) is 0 Å². The lowest BCUT2D eigenvalue weighted by Gasteiger charge is -2.13. The Morgan fingerprint density at radius 2 is 1.94 bits per heavy atom. The third kappa shape index (κ3) is 4.33. The summed E-state index contributed by atoms with van der Waals surface area (Å²) in [6.07, 6.45) is 2.34. The number of benzene rings is 1. The van der Waals surface area contributed by atoms with E-state index in [4.69, 9.17) is 0 Å². The van der Waals surface area contributed by atoms with E-state index in [9.17, 15) is 0 Å². The van der Waals surface area contributed by atoms with Gasteiger partial charge in [0.05, 0.1) is 0 Å². The minimum Gasteiger partial charge on any atom is -0.310 e. The molecule has 1 aromatic carbocycles. The predicted molar refractivity (Wildman–Crippen MR) is 75.4 cm³/mol. The predicted octanol–water partition coefficient (Wildman–Crippen LogP) is 3.86. The van der Waals surface area contributed by atoms with Crippen molar-refractivity contribution >= 4 is 11.3 Å². The fraction of sp³-hybridized carbons (Fsp3) is 0.333. The molecule has 0 fully saturated rings. The zero-order valence-corrected chi connectivity index (χ0v) is 11.0. The van der Waals surface area contributed by atoms with E-state index in [1.807, 2.05) is 0 Å². The third-order valence-corrected chi connectivity index (χ3v) is 3.68. The normalized spacial score (nSPS) is 12.5. The van der Waals surface area contributed by atoms with Gasteiger partial charge in [0.25, 0.3) is 0 Å². The number of hydrogen-bond donors (Lipinski definition) is 1. The van der Waals surface area contributed by atoms with Crippen molar-refractivity contribution in [3.05, 3.63) is 58.3 Å². The summed E-state index contributed by atoms with van der Waals surface area (Å²) < 4.78 is 0. The van der Waals surface area contributed by atoms with Gasteiger partial charge in [0.15, 0.2) is 0 Å². The minimum absolute atomic E-state index is 0.565. The standard InChI is InChI=1S/C15H19NS/c1-13(16-11-15-9-10-17-12-15)7-8-14-5-3-2-4-6-14/h2-6,9-10,12-13,16H,7-8,11H2,1H3/t13-/m1/s1. The Hall–Kier alpha value is -1.12. The summed E-state index contributed by atoms with van der Waals surface area (Å²) in [4.78, 5) is 0. The highest BCUT2D eigenvalue weighted by molar-refractivity contribution is 7.07. The van der Waals surface area contributed by atoms with Crippen LogP contribution in [0.5, 0.6) is 0 Å². The second-order valence-corrected chi connectivity index (χ2v) is 5.22. The monoisotopic (exact) mass is 245 g/mol. The number of thiophene rings is 1. The van der Waals surface area contributed by atoms with E-state index in [2.05, 4.69) is 59.4 Å².